The van der Waals surface area contributed by atoms with Gasteiger partial charge in [-0.25, -0.2) is 0 Å². The molecule has 1 N–H and O–H groups in total. The second-order valence-electron chi connectivity index (χ2n) is 6.97. The van der Waals surface area contributed by atoms with E-state index < -0.39 is 0 Å². The summed E-state index contributed by atoms with van der Waals surface area (Å²) in [6.07, 6.45) is 0.778. The number of fused-ring (bicyclic) bond motifs is 2. The molecule has 1 aromatic heterocycles. The summed E-state index contributed by atoms with van der Waals surface area (Å²) in [6, 6.07) is 11.6. The van der Waals surface area contributed by atoms with Crippen molar-refractivity contribution in [2.24, 2.45) is 0 Å². The summed E-state index contributed by atoms with van der Waals surface area (Å²) in [6.45, 7) is 2.70. The van der Waals surface area contributed by atoms with Crippen LogP contribution in [-0.2, 0) is 6.42 Å². The maximum Gasteiger partial charge on any atom is 0.270 e. The molecule has 0 aliphatic carbocycles. The van der Waals surface area contributed by atoms with Crippen LogP contribution in [0.1, 0.15) is 34.6 Å². The Morgan fingerprint density at radius 1 is 1.04 bits per heavy atom. The molecule has 28 heavy (non-hydrogen) atoms. The Hall–Kier alpha value is -3.15. The number of H-pyrrole nitrogens is 1. The molecular formula is C22H24N2O4. The molecule has 3 aromatic rings. The standard InChI is InChI=1S/C22H24N2O4/c1-13-17-12-21(28-4)20(27-3)10-14(17)7-8-24(13)22(25)19-9-15-5-6-16(26-2)11-18(15)23-19/h5-6,9-13,23H,7-8H2,1-4H3/t13-/m0/s1. The number of hydrogen-bond donors (Lipinski definition) is 1. The van der Waals surface area contributed by atoms with Gasteiger partial charge in [0.2, 0.25) is 0 Å². The Kier molecular flexibility index (Phi) is 4.63. The molecule has 0 fully saturated rings. The molecule has 0 saturated heterocycles. The average Bonchev–Trinajstić information content (AvgIpc) is 3.16. The van der Waals surface area contributed by atoms with Gasteiger partial charge in [-0.1, -0.05) is 0 Å². The highest BCUT2D eigenvalue weighted by Gasteiger charge is 2.30. The summed E-state index contributed by atoms with van der Waals surface area (Å²) in [5.41, 5.74) is 3.75. The number of nitrogens with one attached hydrogen (secondary N) is 1. The smallest absolute Gasteiger partial charge is 0.270 e. The maximum absolute atomic E-state index is 13.2. The number of methoxy groups -OCH3 is 3. The van der Waals surface area contributed by atoms with Gasteiger partial charge in [0.05, 0.1) is 27.4 Å². The third-order valence-corrected chi connectivity index (χ3v) is 5.51. The number of nitrogens with zero attached hydrogens (tertiary/aromatic N) is 1. The number of amides is 1. The van der Waals surface area contributed by atoms with Crippen molar-refractivity contribution in [3.63, 3.8) is 0 Å². The molecule has 0 spiro atoms. The number of benzene rings is 2. The summed E-state index contributed by atoms with van der Waals surface area (Å²) < 4.78 is 16.1. The first-order valence-corrected chi connectivity index (χ1v) is 9.28. The summed E-state index contributed by atoms with van der Waals surface area (Å²) in [7, 11) is 4.89. The van der Waals surface area contributed by atoms with Gasteiger partial charge in [-0.3, -0.25) is 4.79 Å². The van der Waals surface area contributed by atoms with Crippen LogP contribution in [0.25, 0.3) is 10.9 Å². The lowest BCUT2D eigenvalue weighted by Gasteiger charge is -2.35. The van der Waals surface area contributed by atoms with Gasteiger partial charge in [0.25, 0.3) is 5.91 Å². The number of hydrogen-bond acceptors (Lipinski definition) is 4. The quantitative estimate of drug-likeness (QED) is 0.744. The molecule has 0 unspecified atom stereocenters. The van der Waals surface area contributed by atoms with Crippen LogP contribution in [0.5, 0.6) is 17.2 Å². The third kappa shape index (κ3) is 2.95. The minimum Gasteiger partial charge on any atom is -0.497 e. The van der Waals surface area contributed by atoms with E-state index in [-0.39, 0.29) is 11.9 Å². The number of aromatic amines is 1. The number of rotatable bonds is 4. The van der Waals surface area contributed by atoms with Crippen molar-refractivity contribution < 1.29 is 19.0 Å². The van der Waals surface area contributed by atoms with Crippen molar-refractivity contribution in [2.45, 2.75) is 19.4 Å². The van der Waals surface area contributed by atoms with Crippen LogP contribution in [0.3, 0.4) is 0 Å². The molecular weight excluding hydrogens is 356 g/mol. The number of carbonyl (C=O) groups is 1. The van der Waals surface area contributed by atoms with Crippen LogP contribution in [-0.4, -0.2) is 43.7 Å². The normalized spacial score (nSPS) is 16.0. The second kappa shape index (κ2) is 7.11. The highest BCUT2D eigenvalue weighted by atomic mass is 16.5. The summed E-state index contributed by atoms with van der Waals surface area (Å²) >= 11 is 0. The first-order valence-electron chi connectivity index (χ1n) is 9.28. The zero-order chi connectivity index (χ0) is 19.8. The van der Waals surface area contributed by atoms with Gasteiger partial charge in [-0.15, -0.1) is 0 Å². The van der Waals surface area contributed by atoms with Gasteiger partial charge in [0.15, 0.2) is 11.5 Å². The molecule has 0 bridgehead atoms. The van der Waals surface area contributed by atoms with Crippen LogP contribution in [0.15, 0.2) is 36.4 Å². The van der Waals surface area contributed by atoms with Crippen LogP contribution >= 0.6 is 0 Å². The number of carbonyl (C=O) groups excluding carboxylic acids is 1. The summed E-state index contributed by atoms with van der Waals surface area (Å²) in [5, 5.41) is 0.987. The second-order valence-corrected chi connectivity index (χ2v) is 6.97. The van der Waals surface area contributed by atoms with Crippen molar-refractivity contribution in [3.8, 4) is 17.2 Å². The zero-order valence-electron chi connectivity index (χ0n) is 16.5. The molecule has 6 heteroatoms. The van der Waals surface area contributed by atoms with Crippen LogP contribution in [0, 0.1) is 0 Å². The van der Waals surface area contributed by atoms with Crippen LogP contribution in [0.4, 0.5) is 0 Å². The number of aromatic nitrogens is 1. The Morgan fingerprint density at radius 3 is 2.50 bits per heavy atom. The summed E-state index contributed by atoms with van der Waals surface area (Å²) in [5.74, 6) is 2.15. The van der Waals surface area contributed by atoms with E-state index in [4.69, 9.17) is 14.2 Å². The lowest BCUT2D eigenvalue weighted by Crippen LogP contribution is -2.39. The SMILES string of the molecule is COc1ccc2cc(C(=O)N3CCc4cc(OC)c(OC)cc4[C@@H]3C)[nH]c2c1. The number of ether oxygens (including phenoxy) is 3. The van der Waals surface area contributed by atoms with Gasteiger partial charge >= 0.3 is 0 Å². The Morgan fingerprint density at radius 2 is 1.79 bits per heavy atom. The molecule has 1 atom stereocenters. The van der Waals surface area contributed by atoms with Crippen molar-refractivity contribution in [1.29, 1.82) is 0 Å². The molecule has 6 nitrogen and oxygen atoms in total. The molecule has 0 radical (unpaired) electrons. The van der Waals surface area contributed by atoms with Crippen molar-refractivity contribution in [1.82, 2.24) is 9.88 Å². The van der Waals surface area contributed by atoms with E-state index >= 15 is 0 Å². The minimum absolute atomic E-state index is 0.0110. The molecule has 146 valence electrons. The molecule has 2 aromatic carbocycles. The predicted molar refractivity (Wildman–Crippen MR) is 108 cm³/mol. The molecule has 0 saturated carbocycles. The van der Waals surface area contributed by atoms with E-state index in [0.717, 1.165) is 34.4 Å². The van der Waals surface area contributed by atoms with Gasteiger partial charge < -0.3 is 24.1 Å². The minimum atomic E-state index is -0.0583. The predicted octanol–water partition coefficient (Wildman–Crippen LogP) is 3.95. The zero-order valence-corrected chi connectivity index (χ0v) is 16.5. The van der Waals surface area contributed by atoms with Crippen molar-refractivity contribution in [3.05, 3.63) is 53.2 Å². The molecule has 1 aliphatic heterocycles. The lowest BCUT2D eigenvalue weighted by molar-refractivity contribution is 0.0672. The van der Waals surface area contributed by atoms with Crippen LogP contribution < -0.4 is 14.2 Å². The monoisotopic (exact) mass is 380 g/mol. The fraction of sp³-hybridized carbons (Fsp3) is 0.318. The first kappa shape index (κ1) is 18.2. The Balaban J connectivity index is 1.66. The van der Waals surface area contributed by atoms with Gasteiger partial charge in [0.1, 0.15) is 11.4 Å². The van der Waals surface area contributed by atoms with Gasteiger partial charge in [0, 0.05) is 23.5 Å². The van der Waals surface area contributed by atoms with Crippen molar-refractivity contribution >= 4 is 16.8 Å². The lowest BCUT2D eigenvalue weighted by atomic mass is 9.92. The largest absolute Gasteiger partial charge is 0.497 e. The topological polar surface area (TPSA) is 63.8 Å². The first-order chi connectivity index (χ1) is 13.5. The van der Waals surface area contributed by atoms with Gasteiger partial charge in [-0.2, -0.15) is 0 Å². The highest BCUT2D eigenvalue weighted by Crippen LogP contribution is 2.38. The van der Waals surface area contributed by atoms with Crippen LogP contribution in [0.2, 0.25) is 0 Å². The average molecular weight is 380 g/mol. The third-order valence-electron chi connectivity index (χ3n) is 5.51. The van der Waals surface area contributed by atoms with E-state index in [0.29, 0.717) is 18.0 Å². The van der Waals surface area contributed by atoms with Gasteiger partial charge in [-0.05, 0) is 54.8 Å². The van der Waals surface area contributed by atoms with Crippen molar-refractivity contribution in [2.75, 3.05) is 27.9 Å². The molecule has 1 amide bonds. The highest BCUT2D eigenvalue weighted by molar-refractivity contribution is 5.98. The van der Waals surface area contributed by atoms with E-state index in [2.05, 4.69) is 4.98 Å². The Bertz CT molecular complexity index is 1040. The van der Waals surface area contributed by atoms with E-state index in [1.54, 1.807) is 21.3 Å². The summed E-state index contributed by atoms with van der Waals surface area (Å²) in [4.78, 5) is 18.4. The van der Waals surface area contributed by atoms with E-state index in [9.17, 15) is 4.79 Å². The van der Waals surface area contributed by atoms with E-state index in [1.165, 1.54) is 5.56 Å². The van der Waals surface area contributed by atoms with E-state index in [1.807, 2.05) is 48.2 Å². The fourth-order valence-corrected chi connectivity index (χ4v) is 3.93. The fourth-order valence-electron chi connectivity index (χ4n) is 3.93. The molecule has 4 rings (SSSR count). The maximum atomic E-state index is 13.2. The molecule has 1 aliphatic rings. The Labute approximate surface area is 164 Å². The molecule has 2 heterocycles.